The monoisotopic (exact) mass is 380 g/mol. The molecule has 134 valence electrons. The first-order valence-corrected chi connectivity index (χ1v) is 9.89. The molecular weight excluding hydrogens is 360 g/mol. The zero-order valence-electron chi connectivity index (χ0n) is 14.1. The van der Waals surface area contributed by atoms with Gasteiger partial charge in [-0.2, -0.15) is 11.8 Å². The zero-order chi connectivity index (χ0) is 18.1. The molecule has 1 N–H and O–H groups in total. The molecule has 1 aromatic carbocycles. The third kappa shape index (κ3) is 6.75. The van der Waals surface area contributed by atoms with Gasteiger partial charge in [0.25, 0.3) is 0 Å². The van der Waals surface area contributed by atoms with Crippen LogP contribution in [0.4, 0.5) is 4.79 Å². The number of thioether (sulfide) groups is 1. The molecule has 0 fully saturated rings. The first-order valence-electron chi connectivity index (χ1n) is 7.62. The second kappa shape index (κ2) is 10.0. The Morgan fingerprint density at radius 2 is 2.00 bits per heavy atom. The molecule has 8 heteroatoms. The zero-order valence-corrected chi connectivity index (χ0v) is 15.7. The number of rotatable bonds is 8. The first kappa shape index (κ1) is 19.3. The van der Waals surface area contributed by atoms with E-state index in [1.165, 1.54) is 23.1 Å². The van der Waals surface area contributed by atoms with Gasteiger partial charge >= 0.3 is 12.1 Å². The molecule has 0 spiro atoms. The van der Waals surface area contributed by atoms with E-state index in [-0.39, 0.29) is 13.2 Å². The molecule has 0 bridgehead atoms. The summed E-state index contributed by atoms with van der Waals surface area (Å²) >= 11 is 2.86. The lowest BCUT2D eigenvalue weighted by atomic mass is 10.2. The summed E-state index contributed by atoms with van der Waals surface area (Å²) in [4.78, 5) is 28.3. The van der Waals surface area contributed by atoms with Crippen molar-refractivity contribution in [3.8, 4) is 0 Å². The Morgan fingerprint density at radius 1 is 1.24 bits per heavy atom. The fourth-order valence-electron chi connectivity index (χ4n) is 1.94. The number of carbonyl (C=O) groups excluding carboxylic acids is 2. The van der Waals surface area contributed by atoms with Gasteiger partial charge in [0.1, 0.15) is 24.3 Å². The van der Waals surface area contributed by atoms with E-state index in [9.17, 15) is 9.59 Å². The van der Waals surface area contributed by atoms with Gasteiger partial charge in [0.2, 0.25) is 0 Å². The number of alkyl carbamates (subject to hydrolysis) is 1. The first-order chi connectivity index (χ1) is 12.1. The smallest absolute Gasteiger partial charge is 0.408 e. The number of carbonyl (C=O) groups is 2. The van der Waals surface area contributed by atoms with E-state index in [4.69, 9.17) is 9.47 Å². The Hall–Kier alpha value is -2.06. The van der Waals surface area contributed by atoms with Crippen LogP contribution in [-0.4, -0.2) is 35.1 Å². The van der Waals surface area contributed by atoms with Crippen molar-refractivity contribution in [3.63, 3.8) is 0 Å². The topological polar surface area (TPSA) is 77.5 Å². The summed E-state index contributed by atoms with van der Waals surface area (Å²) in [5.74, 6) is -0.0840. The van der Waals surface area contributed by atoms with E-state index in [1.54, 1.807) is 0 Å². The van der Waals surface area contributed by atoms with Crippen molar-refractivity contribution >= 4 is 35.2 Å². The minimum atomic E-state index is -0.760. The number of esters is 1. The summed E-state index contributed by atoms with van der Waals surface area (Å²) in [6.07, 6.45) is 1.19. The average molecular weight is 380 g/mol. The normalized spacial score (nSPS) is 11.6. The quantitative estimate of drug-likeness (QED) is 0.709. The van der Waals surface area contributed by atoms with Gasteiger partial charge in [-0.1, -0.05) is 30.3 Å². The third-order valence-electron chi connectivity index (χ3n) is 3.13. The van der Waals surface area contributed by atoms with Crippen LogP contribution in [0.15, 0.2) is 35.7 Å². The van der Waals surface area contributed by atoms with Crippen molar-refractivity contribution in [3.05, 3.63) is 52.0 Å². The lowest BCUT2D eigenvalue weighted by Gasteiger charge is -2.16. The summed E-state index contributed by atoms with van der Waals surface area (Å²) in [7, 11) is 0. The van der Waals surface area contributed by atoms with Gasteiger partial charge in [-0.15, -0.1) is 11.3 Å². The number of aromatic nitrogens is 1. The SMILES string of the molecule is CSC[C@H](NC(=O)OCc1nc(C)cs1)C(=O)OCc1ccccc1. The molecule has 1 amide bonds. The van der Waals surface area contributed by atoms with Gasteiger partial charge in [-0.05, 0) is 18.7 Å². The van der Waals surface area contributed by atoms with Gasteiger partial charge in [0.05, 0.1) is 0 Å². The van der Waals surface area contributed by atoms with Crippen molar-refractivity contribution in [2.75, 3.05) is 12.0 Å². The molecule has 6 nitrogen and oxygen atoms in total. The van der Waals surface area contributed by atoms with Crippen molar-refractivity contribution in [2.24, 2.45) is 0 Å². The van der Waals surface area contributed by atoms with Gasteiger partial charge in [-0.25, -0.2) is 14.6 Å². The predicted molar refractivity (Wildman–Crippen MR) is 98.6 cm³/mol. The molecule has 0 unspecified atom stereocenters. The molecule has 0 saturated heterocycles. The van der Waals surface area contributed by atoms with Crippen molar-refractivity contribution < 1.29 is 19.1 Å². The van der Waals surface area contributed by atoms with Crippen LogP contribution >= 0.6 is 23.1 Å². The highest BCUT2D eigenvalue weighted by Gasteiger charge is 2.22. The maximum atomic E-state index is 12.2. The Balaban J connectivity index is 1.81. The van der Waals surface area contributed by atoms with Gasteiger partial charge in [0.15, 0.2) is 0 Å². The number of hydrogen-bond donors (Lipinski definition) is 1. The molecule has 25 heavy (non-hydrogen) atoms. The van der Waals surface area contributed by atoms with E-state index in [0.717, 1.165) is 11.3 Å². The van der Waals surface area contributed by atoms with Crippen LogP contribution in [0.2, 0.25) is 0 Å². The molecule has 1 heterocycles. The third-order valence-corrected chi connectivity index (χ3v) is 4.73. The highest BCUT2D eigenvalue weighted by atomic mass is 32.2. The number of ether oxygens (including phenoxy) is 2. The molecule has 1 atom stereocenters. The van der Waals surface area contributed by atoms with Crippen molar-refractivity contribution in [2.45, 2.75) is 26.2 Å². The number of thiazole rings is 1. The van der Waals surface area contributed by atoms with Crippen LogP contribution in [0.1, 0.15) is 16.3 Å². The fourth-order valence-corrected chi connectivity index (χ4v) is 3.18. The summed E-state index contributed by atoms with van der Waals surface area (Å²) in [6.45, 7) is 2.12. The highest BCUT2D eigenvalue weighted by Crippen LogP contribution is 2.10. The van der Waals surface area contributed by atoms with E-state index >= 15 is 0 Å². The van der Waals surface area contributed by atoms with Crippen LogP contribution < -0.4 is 5.32 Å². The van der Waals surface area contributed by atoms with E-state index < -0.39 is 18.1 Å². The molecule has 0 radical (unpaired) electrons. The number of hydrogen-bond acceptors (Lipinski definition) is 7. The maximum absolute atomic E-state index is 12.2. The van der Waals surface area contributed by atoms with E-state index in [1.807, 2.05) is 48.9 Å². The highest BCUT2D eigenvalue weighted by molar-refractivity contribution is 7.98. The van der Waals surface area contributed by atoms with Gasteiger partial charge in [0, 0.05) is 16.8 Å². The average Bonchev–Trinajstić information content (AvgIpc) is 3.04. The second-order valence-electron chi connectivity index (χ2n) is 5.20. The molecule has 0 aliphatic carbocycles. The molecule has 0 saturated carbocycles. The van der Waals surface area contributed by atoms with E-state index in [0.29, 0.717) is 10.8 Å². The second-order valence-corrected chi connectivity index (χ2v) is 7.06. The molecular formula is C17H20N2O4S2. The van der Waals surface area contributed by atoms with Crippen molar-refractivity contribution in [1.82, 2.24) is 10.3 Å². The lowest BCUT2D eigenvalue weighted by Crippen LogP contribution is -2.43. The lowest BCUT2D eigenvalue weighted by molar-refractivity contribution is -0.146. The molecule has 0 aliphatic heterocycles. The minimum Gasteiger partial charge on any atom is -0.459 e. The van der Waals surface area contributed by atoms with Crippen LogP contribution in [-0.2, 0) is 27.5 Å². The number of amides is 1. The Morgan fingerprint density at radius 3 is 2.64 bits per heavy atom. The largest absolute Gasteiger partial charge is 0.459 e. The van der Waals surface area contributed by atoms with Crippen LogP contribution in [0.3, 0.4) is 0 Å². The van der Waals surface area contributed by atoms with Crippen LogP contribution in [0.5, 0.6) is 0 Å². The Bertz CT molecular complexity index is 691. The number of benzene rings is 1. The summed E-state index contributed by atoms with van der Waals surface area (Å²) in [6, 6.07) is 8.62. The van der Waals surface area contributed by atoms with Crippen LogP contribution in [0, 0.1) is 6.92 Å². The summed E-state index contributed by atoms with van der Waals surface area (Å²) in [5.41, 5.74) is 1.77. The molecule has 2 aromatic rings. The summed E-state index contributed by atoms with van der Waals surface area (Å²) in [5, 5.41) is 5.14. The standard InChI is InChI=1S/C17H20N2O4S2/c1-12-10-25-15(18-12)9-23-17(21)19-14(11-24-2)16(20)22-8-13-6-4-3-5-7-13/h3-7,10,14H,8-9,11H2,1-2H3,(H,19,21)/t14-/m0/s1. The summed E-state index contributed by atoms with van der Waals surface area (Å²) < 4.78 is 10.4. The maximum Gasteiger partial charge on any atom is 0.408 e. The number of nitrogens with one attached hydrogen (secondary N) is 1. The van der Waals surface area contributed by atoms with Crippen LogP contribution in [0.25, 0.3) is 0 Å². The van der Waals surface area contributed by atoms with Crippen molar-refractivity contribution in [1.29, 1.82) is 0 Å². The molecule has 2 rings (SSSR count). The number of aryl methyl sites for hydroxylation is 1. The fraction of sp³-hybridized carbons (Fsp3) is 0.353. The predicted octanol–water partition coefficient (Wildman–Crippen LogP) is 3.15. The van der Waals surface area contributed by atoms with E-state index in [2.05, 4.69) is 10.3 Å². The van der Waals surface area contributed by atoms with Gasteiger partial charge < -0.3 is 14.8 Å². The van der Waals surface area contributed by atoms with Gasteiger partial charge in [-0.3, -0.25) is 0 Å². The molecule has 0 aliphatic rings. The minimum absolute atomic E-state index is 0.0788. The Labute approximate surface area is 154 Å². The Kier molecular flexibility index (Phi) is 7.75. The number of nitrogens with zero attached hydrogens (tertiary/aromatic N) is 1. The molecule has 1 aromatic heterocycles.